The van der Waals surface area contributed by atoms with E-state index in [0.29, 0.717) is 16.7 Å². The highest BCUT2D eigenvalue weighted by Gasteiger charge is 2.16. The summed E-state index contributed by atoms with van der Waals surface area (Å²) < 4.78 is 1.90. The minimum Gasteiger partial charge on any atom is -0.293 e. The fourth-order valence-electron chi connectivity index (χ4n) is 3.25. The second-order valence-electron chi connectivity index (χ2n) is 6.21. The predicted molar refractivity (Wildman–Crippen MR) is 93.8 cm³/mol. The van der Waals surface area contributed by atoms with Gasteiger partial charge in [-0.25, -0.2) is 4.98 Å². The lowest BCUT2D eigenvalue weighted by molar-refractivity contribution is 0.102. The Labute approximate surface area is 144 Å². The lowest BCUT2D eigenvalue weighted by Crippen LogP contribution is -2.05. The van der Waals surface area contributed by atoms with Gasteiger partial charge in [0.05, 0.1) is 5.75 Å². The Bertz CT molecular complexity index is 948. The molecule has 0 aliphatic heterocycles. The SMILES string of the molecule is Cc1cc(C)n2c(SCC(=O)c3ccc4c(c3)CCC4)nnc2n1. The smallest absolute Gasteiger partial charge is 0.256 e. The van der Waals surface area contributed by atoms with Gasteiger partial charge in [0.25, 0.3) is 5.78 Å². The van der Waals surface area contributed by atoms with Crippen LogP contribution in [0.15, 0.2) is 29.4 Å². The average molecular weight is 338 g/mol. The zero-order chi connectivity index (χ0) is 16.7. The van der Waals surface area contributed by atoms with Crippen LogP contribution in [0, 0.1) is 13.8 Å². The molecule has 0 saturated heterocycles. The number of Topliss-reactive ketones (excluding diaryl/α,β-unsaturated/α-hetero) is 1. The zero-order valence-electron chi connectivity index (χ0n) is 13.7. The lowest BCUT2D eigenvalue weighted by Gasteiger charge is -2.05. The Kier molecular flexibility index (Phi) is 3.84. The van der Waals surface area contributed by atoms with E-state index in [1.165, 1.54) is 29.3 Å². The summed E-state index contributed by atoms with van der Waals surface area (Å²) in [6.45, 7) is 3.93. The number of carbonyl (C=O) groups is 1. The molecular formula is C18H18N4OS. The predicted octanol–water partition coefficient (Wildman–Crippen LogP) is 3.20. The molecule has 0 amide bonds. The van der Waals surface area contributed by atoms with Crippen molar-refractivity contribution in [3.8, 4) is 0 Å². The Hall–Kier alpha value is -2.21. The summed E-state index contributed by atoms with van der Waals surface area (Å²) >= 11 is 1.41. The van der Waals surface area contributed by atoms with Gasteiger partial charge in [-0.1, -0.05) is 23.9 Å². The number of benzene rings is 1. The first kappa shape index (κ1) is 15.3. The standard InChI is InChI=1S/C18H18N4OS/c1-11-8-12(2)22-17(19-11)20-21-18(22)24-10-16(23)15-7-6-13-4-3-5-14(13)9-15/h6-9H,3-5,10H2,1-2H3. The van der Waals surface area contributed by atoms with Gasteiger partial charge in [-0.15, -0.1) is 10.2 Å². The van der Waals surface area contributed by atoms with Crippen molar-refractivity contribution >= 4 is 23.3 Å². The molecule has 4 rings (SSSR count). The van der Waals surface area contributed by atoms with E-state index in [9.17, 15) is 4.79 Å². The van der Waals surface area contributed by atoms with E-state index in [1.54, 1.807) is 0 Å². The summed E-state index contributed by atoms with van der Waals surface area (Å²) in [5.74, 6) is 1.07. The number of aryl methyl sites for hydroxylation is 4. The molecule has 0 unspecified atom stereocenters. The van der Waals surface area contributed by atoms with Gasteiger partial charge in [-0.3, -0.25) is 9.20 Å². The van der Waals surface area contributed by atoms with E-state index in [1.807, 2.05) is 30.4 Å². The van der Waals surface area contributed by atoms with Crippen LogP contribution in [0.5, 0.6) is 0 Å². The third-order valence-electron chi connectivity index (χ3n) is 4.42. The molecule has 0 radical (unpaired) electrons. The molecule has 0 saturated carbocycles. The molecule has 0 atom stereocenters. The summed E-state index contributed by atoms with van der Waals surface area (Å²) in [4.78, 5) is 16.9. The van der Waals surface area contributed by atoms with E-state index in [0.717, 1.165) is 29.8 Å². The van der Waals surface area contributed by atoms with E-state index < -0.39 is 0 Å². The van der Waals surface area contributed by atoms with E-state index in [4.69, 9.17) is 0 Å². The number of aromatic nitrogens is 4. The molecule has 2 heterocycles. The minimum absolute atomic E-state index is 0.129. The van der Waals surface area contributed by atoms with Gasteiger partial charge in [0, 0.05) is 17.0 Å². The van der Waals surface area contributed by atoms with Gasteiger partial charge >= 0.3 is 0 Å². The van der Waals surface area contributed by atoms with Crippen LogP contribution in [0.3, 0.4) is 0 Å². The topological polar surface area (TPSA) is 60.2 Å². The Morgan fingerprint density at radius 3 is 2.88 bits per heavy atom. The summed E-state index contributed by atoms with van der Waals surface area (Å²) in [6.07, 6.45) is 3.41. The van der Waals surface area contributed by atoms with Crippen molar-refractivity contribution in [3.63, 3.8) is 0 Å². The van der Waals surface area contributed by atoms with Crippen LogP contribution in [-0.2, 0) is 12.8 Å². The van der Waals surface area contributed by atoms with Crippen molar-refractivity contribution in [1.29, 1.82) is 0 Å². The molecule has 0 fully saturated rings. The molecule has 5 nitrogen and oxygen atoms in total. The molecule has 24 heavy (non-hydrogen) atoms. The number of rotatable bonds is 4. The molecule has 2 aromatic heterocycles. The molecule has 1 aliphatic carbocycles. The van der Waals surface area contributed by atoms with E-state index in [2.05, 4.69) is 27.3 Å². The first-order valence-electron chi connectivity index (χ1n) is 8.09. The van der Waals surface area contributed by atoms with Crippen molar-refractivity contribution < 1.29 is 4.79 Å². The largest absolute Gasteiger partial charge is 0.293 e. The lowest BCUT2D eigenvalue weighted by atomic mass is 10.0. The number of hydrogen-bond acceptors (Lipinski definition) is 5. The number of fused-ring (bicyclic) bond motifs is 2. The summed E-state index contributed by atoms with van der Waals surface area (Å²) in [5.41, 5.74) is 5.45. The number of ketones is 1. The summed E-state index contributed by atoms with van der Waals surface area (Å²) in [6, 6.07) is 8.10. The molecule has 0 bridgehead atoms. The third kappa shape index (κ3) is 2.71. The van der Waals surface area contributed by atoms with Gasteiger partial charge in [0.1, 0.15) is 0 Å². The third-order valence-corrected chi connectivity index (χ3v) is 5.34. The molecule has 0 spiro atoms. The minimum atomic E-state index is 0.129. The van der Waals surface area contributed by atoms with Gasteiger partial charge in [0.2, 0.25) is 0 Å². The average Bonchev–Trinajstić information content (AvgIpc) is 3.18. The van der Waals surface area contributed by atoms with Crippen LogP contribution in [-0.4, -0.2) is 31.1 Å². The maximum absolute atomic E-state index is 12.5. The van der Waals surface area contributed by atoms with Crippen LogP contribution in [0.25, 0.3) is 5.78 Å². The summed E-state index contributed by atoms with van der Waals surface area (Å²) in [5, 5.41) is 9.00. The highest BCUT2D eigenvalue weighted by atomic mass is 32.2. The molecule has 3 aromatic rings. The van der Waals surface area contributed by atoms with Gasteiger partial charge in [-0.2, -0.15) is 0 Å². The van der Waals surface area contributed by atoms with Crippen LogP contribution in [0.1, 0.15) is 39.3 Å². The van der Waals surface area contributed by atoms with E-state index in [-0.39, 0.29) is 5.78 Å². The van der Waals surface area contributed by atoms with Crippen LogP contribution in [0.2, 0.25) is 0 Å². The van der Waals surface area contributed by atoms with Crippen molar-refractivity contribution in [2.45, 2.75) is 38.3 Å². The van der Waals surface area contributed by atoms with Crippen molar-refractivity contribution in [2.75, 3.05) is 5.75 Å². The van der Waals surface area contributed by atoms with Crippen LogP contribution in [0.4, 0.5) is 0 Å². The molecule has 6 heteroatoms. The van der Waals surface area contributed by atoms with E-state index >= 15 is 0 Å². The van der Waals surface area contributed by atoms with Gasteiger partial charge in [-0.05, 0) is 56.4 Å². The molecule has 1 aliphatic rings. The Balaban J connectivity index is 1.54. The molecule has 122 valence electrons. The van der Waals surface area contributed by atoms with Gasteiger partial charge in [0.15, 0.2) is 10.9 Å². The van der Waals surface area contributed by atoms with Crippen LogP contribution >= 0.6 is 11.8 Å². The Morgan fingerprint density at radius 2 is 2.00 bits per heavy atom. The fourth-order valence-corrected chi connectivity index (χ4v) is 4.13. The quantitative estimate of drug-likeness (QED) is 0.540. The fraction of sp³-hybridized carbons (Fsp3) is 0.333. The second kappa shape index (κ2) is 6.02. The van der Waals surface area contributed by atoms with Crippen LogP contribution < -0.4 is 0 Å². The number of nitrogens with zero attached hydrogens (tertiary/aromatic N) is 4. The molecular weight excluding hydrogens is 320 g/mol. The zero-order valence-corrected chi connectivity index (χ0v) is 14.6. The maximum Gasteiger partial charge on any atom is 0.256 e. The van der Waals surface area contributed by atoms with Crippen molar-refractivity contribution in [2.24, 2.45) is 0 Å². The normalized spacial score (nSPS) is 13.4. The summed E-state index contributed by atoms with van der Waals surface area (Å²) in [7, 11) is 0. The first-order chi connectivity index (χ1) is 11.6. The second-order valence-corrected chi connectivity index (χ2v) is 7.15. The van der Waals surface area contributed by atoms with Crippen molar-refractivity contribution in [3.05, 3.63) is 52.3 Å². The van der Waals surface area contributed by atoms with Crippen molar-refractivity contribution in [1.82, 2.24) is 19.6 Å². The number of thioether (sulfide) groups is 1. The number of carbonyl (C=O) groups excluding carboxylic acids is 1. The molecule has 1 aromatic carbocycles. The monoisotopic (exact) mass is 338 g/mol. The number of hydrogen-bond donors (Lipinski definition) is 0. The highest BCUT2D eigenvalue weighted by molar-refractivity contribution is 7.99. The van der Waals surface area contributed by atoms with Gasteiger partial charge < -0.3 is 0 Å². The molecule has 0 N–H and O–H groups in total. The Morgan fingerprint density at radius 1 is 1.17 bits per heavy atom. The highest BCUT2D eigenvalue weighted by Crippen LogP contribution is 2.24. The maximum atomic E-state index is 12.5. The first-order valence-corrected chi connectivity index (χ1v) is 9.07.